The lowest BCUT2D eigenvalue weighted by Gasteiger charge is -2.16. The third-order valence-electron chi connectivity index (χ3n) is 4.79. The molecule has 1 amide bonds. The van der Waals surface area contributed by atoms with Gasteiger partial charge in [0.05, 0.1) is 11.0 Å². The molecule has 0 radical (unpaired) electrons. The summed E-state index contributed by atoms with van der Waals surface area (Å²) in [5, 5.41) is 6.23. The first-order chi connectivity index (χ1) is 14.5. The van der Waals surface area contributed by atoms with E-state index in [9.17, 15) is 13.6 Å². The fourth-order valence-corrected chi connectivity index (χ4v) is 3.20. The molecule has 5 nitrogen and oxygen atoms in total. The van der Waals surface area contributed by atoms with Crippen molar-refractivity contribution in [2.45, 2.75) is 19.4 Å². The zero-order valence-electron chi connectivity index (χ0n) is 16.2. The molecule has 3 aromatic carbocycles. The van der Waals surface area contributed by atoms with Gasteiger partial charge in [-0.2, -0.15) is 0 Å². The average molecular weight is 406 g/mol. The number of H-pyrrole nitrogens is 1. The van der Waals surface area contributed by atoms with Crippen LogP contribution in [0.4, 0.5) is 20.2 Å². The number of alkyl halides is 2. The van der Waals surface area contributed by atoms with Crippen LogP contribution in [0.25, 0.3) is 11.0 Å². The Bertz CT molecular complexity index is 1160. The molecular weight excluding hydrogens is 386 g/mol. The third-order valence-corrected chi connectivity index (χ3v) is 4.79. The first kappa shape index (κ1) is 19.6. The van der Waals surface area contributed by atoms with Crippen LogP contribution >= 0.6 is 0 Å². The molecule has 1 unspecified atom stereocenters. The highest BCUT2D eigenvalue weighted by Gasteiger charge is 2.14. The number of nitrogens with zero attached hydrogens (tertiary/aromatic N) is 1. The number of hydrogen-bond acceptors (Lipinski definition) is 3. The molecule has 0 bridgehead atoms. The standard InChI is InChI=1S/C23H20F2N4O/c1-14(15-5-3-2-4-6-15)26-17-8-10-18(11-9-17)27-23(30)16-7-12-19-20(13-16)29-22(28-19)21(24)25/h2-14,21,26H,1H3,(H,27,30)(H,28,29). The highest BCUT2D eigenvalue weighted by atomic mass is 19.3. The number of fused-ring (bicyclic) bond motifs is 1. The van der Waals surface area contributed by atoms with Crippen LogP contribution in [0, 0.1) is 0 Å². The summed E-state index contributed by atoms with van der Waals surface area (Å²) in [6.07, 6.45) is -2.69. The van der Waals surface area contributed by atoms with E-state index in [4.69, 9.17) is 0 Å². The minimum atomic E-state index is -2.69. The zero-order chi connectivity index (χ0) is 21.1. The number of carbonyl (C=O) groups excluding carboxylic acids is 1. The summed E-state index contributed by atoms with van der Waals surface area (Å²) in [4.78, 5) is 18.9. The predicted octanol–water partition coefficient (Wildman–Crippen LogP) is 5.93. The van der Waals surface area contributed by atoms with Gasteiger partial charge in [-0.25, -0.2) is 13.8 Å². The molecular formula is C23H20F2N4O. The van der Waals surface area contributed by atoms with Crippen molar-refractivity contribution in [2.75, 3.05) is 10.6 Å². The molecule has 152 valence electrons. The molecule has 7 heteroatoms. The maximum Gasteiger partial charge on any atom is 0.295 e. The summed E-state index contributed by atoms with van der Waals surface area (Å²) < 4.78 is 25.6. The molecule has 30 heavy (non-hydrogen) atoms. The maximum atomic E-state index is 12.8. The molecule has 0 spiro atoms. The molecule has 0 aliphatic carbocycles. The summed E-state index contributed by atoms with van der Waals surface area (Å²) >= 11 is 0. The van der Waals surface area contributed by atoms with Gasteiger partial charge in [0.25, 0.3) is 12.3 Å². The largest absolute Gasteiger partial charge is 0.379 e. The number of halogens is 2. The van der Waals surface area contributed by atoms with Crippen molar-refractivity contribution in [3.63, 3.8) is 0 Å². The van der Waals surface area contributed by atoms with Crippen LogP contribution in [0.2, 0.25) is 0 Å². The van der Waals surface area contributed by atoms with E-state index in [0.717, 1.165) is 5.69 Å². The Balaban J connectivity index is 1.42. The van der Waals surface area contributed by atoms with Crippen LogP contribution < -0.4 is 10.6 Å². The molecule has 4 aromatic rings. The summed E-state index contributed by atoms with van der Waals surface area (Å²) in [5.41, 5.74) is 3.89. The van der Waals surface area contributed by atoms with Crippen molar-refractivity contribution in [3.05, 3.63) is 89.7 Å². The number of aromatic amines is 1. The van der Waals surface area contributed by atoms with Gasteiger partial charge in [-0.05, 0) is 55.0 Å². The smallest absolute Gasteiger partial charge is 0.295 e. The average Bonchev–Trinajstić information content (AvgIpc) is 3.19. The molecule has 4 rings (SSSR count). The van der Waals surface area contributed by atoms with Gasteiger partial charge < -0.3 is 15.6 Å². The van der Waals surface area contributed by atoms with Crippen molar-refractivity contribution >= 4 is 28.3 Å². The van der Waals surface area contributed by atoms with Gasteiger partial charge in [-0.3, -0.25) is 4.79 Å². The number of hydrogen-bond donors (Lipinski definition) is 3. The van der Waals surface area contributed by atoms with Crippen molar-refractivity contribution in [3.8, 4) is 0 Å². The first-order valence-corrected chi connectivity index (χ1v) is 9.50. The summed E-state index contributed by atoms with van der Waals surface area (Å²) in [6, 6.07) is 22.3. The van der Waals surface area contributed by atoms with Crippen molar-refractivity contribution in [2.24, 2.45) is 0 Å². The number of carbonyl (C=O) groups is 1. The normalized spacial score (nSPS) is 12.1. The molecule has 0 aliphatic heterocycles. The van der Waals surface area contributed by atoms with E-state index in [1.807, 2.05) is 42.5 Å². The lowest BCUT2D eigenvalue weighted by molar-refractivity contribution is 0.102. The summed E-state index contributed by atoms with van der Waals surface area (Å²) in [6.45, 7) is 2.08. The van der Waals surface area contributed by atoms with Gasteiger partial charge in [0.1, 0.15) is 0 Å². The van der Waals surface area contributed by atoms with Crippen LogP contribution in [0.1, 0.15) is 41.1 Å². The number of rotatable bonds is 6. The third kappa shape index (κ3) is 4.30. The molecule has 1 heterocycles. The van der Waals surface area contributed by atoms with E-state index < -0.39 is 12.2 Å². The Hall–Kier alpha value is -3.74. The predicted molar refractivity (Wildman–Crippen MR) is 114 cm³/mol. The lowest BCUT2D eigenvalue weighted by Crippen LogP contribution is -2.12. The van der Waals surface area contributed by atoms with Gasteiger partial charge >= 0.3 is 0 Å². The topological polar surface area (TPSA) is 69.8 Å². The number of amides is 1. The van der Waals surface area contributed by atoms with Crippen LogP contribution in [-0.4, -0.2) is 15.9 Å². The van der Waals surface area contributed by atoms with E-state index in [2.05, 4.69) is 39.7 Å². The van der Waals surface area contributed by atoms with Gasteiger partial charge in [0.15, 0.2) is 5.82 Å². The van der Waals surface area contributed by atoms with Crippen LogP contribution in [0.5, 0.6) is 0 Å². The Labute approximate surface area is 172 Å². The minimum Gasteiger partial charge on any atom is -0.379 e. The van der Waals surface area contributed by atoms with Crippen molar-refractivity contribution in [1.82, 2.24) is 9.97 Å². The van der Waals surface area contributed by atoms with Crippen molar-refractivity contribution < 1.29 is 13.6 Å². The Morgan fingerprint density at radius 1 is 0.967 bits per heavy atom. The molecule has 0 fully saturated rings. The minimum absolute atomic E-state index is 0.144. The van der Waals surface area contributed by atoms with Crippen LogP contribution in [-0.2, 0) is 0 Å². The van der Waals surface area contributed by atoms with E-state index in [-0.39, 0.29) is 11.9 Å². The second kappa shape index (κ2) is 8.32. The fourth-order valence-electron chi connectivity index (χ4n) is 3.20. The van der Waals surface area contributed by atoms with E-state index in [0.29, 0.717) is 22.3 Å². The Morgan fingerprint density at radius 3 is 2.37 bits per heavy atom. The molecule has 3 N–H and O–H groups in total. The lowest BCUT2D eigenvalue weighted by atomic mass is 10.1. The van der Waals surface area contributed by atoms with Crippen LogP contribution in [0.15, 0.2) is 72.8 Å². The van der Waals surface area contributed by atoms with Crippen molar-refractivity contribution in [1.29, 1.82) is 0 Å². The van der Waals surface area contributed by atoms with Gasteiger partial charge in [-0.1, -0.05) is 30.3 Å². The van der Waals surface area contributed by atoms with Gasteiger partial charge in [0, 0.05) is 23.0 Å². The number of anilines is 2. The van der Waals surface area contributed by atoms with E-state index in [1.165, 1.54) is 11.6 Å². The number of aromatic nitrogens is 2. The second-order valence-corrected chi connectivity index (χ2v) is 6.96. The first-order valence-electron chi connectivity index (χ1n) is 9.50. The highest BCUT2D eigenvalue weighted by molar-refractivity contribution is 6.06. The number of imidazole rings is 1. The summed E-state index contributed by atoms with van der Waals surface area (Å²) in [5.74, 6) is -0.737. The zero-order valence-corrected chi connectivity index (χ0v) is 16.2. The molecule has 0 saturated carbocycles. The fraction of sp³-hybridized carbons (Fsp3) is 0.130. The van der Waals surface area contributed by atoms with Gasteiger partial charge in [-0.15, -0.1) is 0 Å². The number of benzene rings is 3. The quantitative estimate of drug-likeness (QED) is 0.372. The molecule has 0 saturated heterocycles. The molecule has 0 aliphatic rings. The SMILES string of the molecule is CC(Nc1ccc(NC(=O)c2ccc3nc(C(F)F)[nH]c3c2)cc1)c1ccccc1. The summed E-state index contributed by atoms with van der Waals surface area (Å²) in [7, 11) is 0. The monoisotopic (exact) mass is 406 g/mol. The van der Waals surface area contributed by atoms with Crippen LogP contribution in [0.3, 0.4) is 0 Å². The molecule has 1 aromatic heterocycles. The number of nitrogens with one attached hydrogen (secondary N) is 3. The van der Waals surface area contributed by atoms with Gasteiger partial charge in [0.2, 0.25) is 0 Å². The maximum absolute atomic E-state index is 12.8. The highest BCUT2D eigenvalue weighted by Crippen LogP contribution is 2.23. The Kier molecular flexibility index (Phi) is 5.43. The van der Waals surface area contributed by atoms with E-state index >= 15 is 0 Å². The van der Waals surface area contributed by atoms with E-state index in [1.54, 1.807) is 12.1 Å². The molecule has 1 atom stereocenters. The second-order valence-electron chi connectivity index (χ2n) is 6.96. The Morgan fingerprint density at radius 2 is 1.67 bits per heavy atom.